The van der Waals surface area contributed by atoms with Crippen LogP contribution < -0.4 is 5.32 Å². The van der Waals surface area contributed by atoms with Crippen molar-refractivity contribution in [3.8, 4) is 0 Å². The summed E-state index contributed by atoms with van der Waals surface area (Å²) < 4.78 is 0. The fourth-order valence-corrected chi connectivity index (χ4v) is 1.92. The van der Waals surface area contributed by atoms with Gasteiger partial charge < -0.3 is 5.32 Å². The fourth-order valence-electron chi connectivity index (χ4n) is 1.10. The molecule has 0 aliphatic rings. The summed E-state index contributed by atoms with van der Waals surface area (Å²) in [7, 11) is 0. The molecule has 1 unspecified atom stereocenters. The Hall–Kier alpha value is -1.09. The highest BCUT2D eigenvalue weighted by Gasteiger charge is 2.01. The van der Waals surface area contributed by atoms with Gasteiger partial charge in [-0.3, -0.25) is 4.79 Å². The molecule has 0 aromatic carbocycles. The first-order valence-electron chi connectivity index (χ1n) is 5.16. The van der Waals surface area contributed by atoms with Gasteiger partial charge in [-0.05, 0) is 43.4 Å². The van der Waals surface area contributed by atoms with Gasteiger partial charge in [0.1, 0.15) is 0 Å². The summed E-state index contributed by atoms with van der Waals surface area (Å²) in [5, 5.41) is 4.92. The van der Waals surface area contributed by atoms with Gasteiger partial charge in [-0.1, -0.05) is 6.92 Å². The molecule has 1 aromatic rings. The monoisotopic (exact) mass is 223 g/mol. The van der Waals surface area contributed by atoms with Gasteiger partial charge in [0.25, 0.3) is 0 Å². The highest BCUT2D eigenvalue weighted by atomic mass is 32.1. The number of carbonyl (C=O) groups excluding carboxylic acids is 1. The summed E-state index contributed by atoms with van der Waals surface area (Å²) in [6, 6.07) is 2.29. The van der Waals surface area contributed by atoms with Crippen molar-refractivity contribution in [3.05, 3.63) is 28.0 Å². The van der Waals surface area contributed by atoms with Gasteiger partial charge in [0.2, 0.25) is 5.91 Å². The van der Waals surface area contributed by atoms with E-state index in [1.807, 2.05) is 25.3 Å². The van der Waals surface area contributed by atoms with Gasteiger partial charge in [-0.2, -0.15) is 0 Å². The molecular weight excluding hydrogens is 206 g/mol. The third-order valence-electron chi connectivity index (χ3n) is 2.29. The van der Waals surface area contributed by atoms with Crippen molar-refractivity contribution in [2.24, 2.45) is 0 Å². The van der Waals surface area contributed by atoms with Crippen LogP contribution in [0.2, 0.25) is 0 Å². The van der Waals surface area contributed by atoms with Crippen LogP contribution in [0, 0.1) is 6.92 Å². The second kappa shape index (κ2) is 5.71. The average molecular weight is 223 g/mol. The summed E-state index contributed by atoms with van der Waals surface area (Å²) in [4.78, 5) is 12.6. The van der Waals surface area contributed by atoms with Gasteiger partial charge in [0.15, 0.2) is 0 Å². The molecular formula is C12H17NOS. The molecule has 0 bridgehead atoms. The molecule has 0 fully saturated rings. The molecule has 1 N–H and O–H groups in total. The van der Waals surface area contributed by atoms with Gasteiger partial charge >= 0.3 is 0 Å². The van der Waals surface area contributed by atoms with E-state index in [1.165, 1.54) is 5.56 Å². The summed E-state index contributed by atoms with van der Waals surface area (Å²) >= 11 is 1.65. The number of nitrogens with one attached hydrogen (secondary N) is 1. The van der Waals surface area contributed by atoms with Crippen LogP contribution in [-0.4, -0.2) is 11.9 Å². The first kappa shape index (κ1) is 12.0. The topological polar surface area (TPSA) is 29.1 Å². The van der Waals surface area contributed by atoms with Crippen molar-refractivity contribution in [3.63, 3.8) is 0 Å². The van der Waals surface area contributed by atoms with Gasteiger partial charge in [0, 0.05) is 17.0 Å². The Balaban J connectivity index is 2.51. The van der Waals surface area contributed by atoms with Crippen LogP contribution in [0.15, 0.2) is 17.5 Å². The molecule has 1 rings (SSSR count). The van der Waals surface area contributed by atoms with Crippen molar-refractivity contribution >= 4 is 23.3 Å². The van der Waals surface area contributed by atoms with Gasteiger partial charge in [0.05, 0.1) is 0 Å². The molecule has 1 amide bonds. The average Bonchev–Trinajstić information content (AvgIpc) is 2.61. The quantitative estimate of drug-likeness (QED) is 0.781. The van der Waals surface area contributed by atoms with E-state index < -0.39 is 0 Å². The summed E-state index contributed by atoms with van der Waals surface area (Å²) in [5.74, 6) is -0.0165. The van der Waals surface area contributed by atoms with Crippen LogP contribution in [0.5, 0.6) is 0 Å². The third kappa shape index (κ3) is 3.88. The van der Waals surface area contributed by atoms with Gasteiger partial charge in [-0.25, -0.2) is 0 Å². The Morgan fingerprint density at radius 3 is 2.93 bits per heavy atom. The molecule has 3 heteroatoms. The van der Waals surface area contributed by atoms with Crippen LogP contribution >= 0.6 is 11.3 Å². The molecule has 1 heterocycles. The van der Waals surface area contributed by atoms with Crippen LogP contribution in [-0.2, 0) is 4.79 Å². The Morgan fingerprint density at radius 1 is 1.67 bits per heavy atom. The standard InChI is InChI=1S/C12H17NOS/c1-4-10(3)13-12(14)6-5-11-9(2)7-8-15-11/h5-8,10H,4H2,1-3H3,(H,13,14)/b6-5+. The molecule has 0 radical (unpaired) electrons. The van der Waals surface area contributed by atoms with E-state index in [9.17, 15) is 4.79 Å². The summed E-state index contributed by atoms with van der Waals surface area (Å²) in [5.41, 5.74) is 1.22. The van der Waals surface area contributed by atoms with Crippen LogP contribution in [0.25, 0.3) is 6.08 Å². The van der Waals surface area contributed by atoms with Crippen LogP contribution in [0.3, 0.4) is 0 Å². The highest BCUT2D eigenvalue weighted by Crippen LogP contribution is 2.16. The zero-order chi connectivity index (χ0) is 11.3. The van der Waals surface area contributed by atoms with Crippen LogP contribution in [0.1, 0.15) is 30.7 Å². The van der Waals surface area contributed by atoms with E-state index in [2.05, 4.69) is 18.3 Å². The zero-order valence-corrected chi connectivity index (χ0v) is 10.2. The first-order valence-corrected chi connectivity index (χ1v) is 6.04. The summed E-state index contributed by atoms with van der Waals surface area (Å²) in [6.45, 7) is 6.10. The molecule has 0 saturated heterocycles. The molecule has 0 saturated carbocycles. The van der Waals surface area contributed by atoms with Crippen LogP contribution in [0.4, 0.5) is 0 Å². The van der Waals surface area contributed by atoms with Crippen molar-refractivity contribution in [2.75, 3.05) is 0 Å². The maximum Gasteiger partial charge on any atom is 0.244 e. The SMILES string of the molecule is CCC(C)NC(=O)/C=C/c1sccc1C. The Kier molecular flexibility index (Phi) is 4.56. The normalized spacial score (nSPS) is 13.0. The van der Waals surface area contributed by atoms with E-state index in [1.54, 1.807) is 17.4 Å². The van der Waals surface area contributed by atoms with Crippen molar-refractivity contribution < 1.29 is 4.79 Å². The maximum absolute atomic E-state index is 11.4. The molecule has 0 spiro atoms. The number of amides is 1. The zero-order valence-electron chi connectivity index (χ0n) is 9.41. The minimum Gasteiger partial charge on any atom is -0.350 e. The van der Waals surface area contributed by atoms with Crippen molar-refractivity contribution in [2.45, 2.75) is 33.2 Å². The van der Waals surface area contributed by atoms with Crippen molar-refractivity contribution in [1.82, 2.24) is 5.32 Å². The van der Waals surface area contributed by atoms with E-state index >= 15 is 0 Å². The molecule has 0 aliphatic carbocycles. The molecule has 0 aliphatic heterocycles. The second-order valence-corrected chi connectivity index (χ2v) is 4.57. The molecule has 2 nitrogen and oxygen atoms in total. The van der Waals surface area contributed by atoms with E-state index in [4.69, 9.17) is 0 Å². The molecule has 1 aromatic heterocycles. The van der Waals surface area contributed by atoms with E-state index in [0.717, 1.165) is 11.3 Å². The van der Waals surface area contributed by atoms with Gasteiger partial charge in [-0.15, -0.1) is 11.3 Å². The van der Waals surface area contributed by atoms with E-state index in [0.29, 0.717) is 0 Å². The minimum absolute atomic E-state index is 0.0165. The smallest absolute Gasteiger partial charge is 0.244 e. The number of thiophene rings is 1. The third-order valence-corrected chi connectivity index (χ3v) is 3.27. The lowest BCUT2D eigenvalue weighted by molar-refractivity contribution is -0.117. The second-order valence-electron chi connectivity index (χ2n) is 3.62. The largest absolute Gasteiger partial charge is 0.350 e. The Bertz CT molecular complexity index is 354. The molecule has 82 valence electrons. The summed E-state index contributed by atoms with van der Waals surface area (Å²) in [6.07, 6.45) is 4.43. The predicted molar refractivity (Wildman–Crippen MR) is 66.0 cm³/mol. The number of aryl methyl sites for hydroxylation is 1. The lowest BCUT2D eigenvalue weighted by Gasteiger charge is -2.08. The van der Waals surface area contributed by atoms with Crippen molar-refractivity contribution in [1.29, 1.82) is 0 Å². The first-order chi connectivity index (χ1) is 7.13. The molecule has 15 heavy (non-hydrogen) atoms. The maximum atomic E-state index is 11.4. The number of hydrogen-bond acceptors (Lipinski definition) is 2. The Labute approximate surface area is 95.0 Å². The highest BCUT2D eigenvalue weighted by molar-refractivity contribution is 7.11. The minimum atomic E-state index is -0.0165. The number of rotatable bonds is 4. The fraction of sp³-hybridized carbons (Fsp3) is 0.417. The predicted octanol–water partition coefficient (Wildman–Crippen LogP) is 2.98. The molecule has 1 atom stereocenters. The number of hydrogen-bond donors (Lipinski definition) is 1. The lowest BCUT2D eigenvalue weighted by Crippen LogP contribution is -2.30. The number of carbonyl (C=O) groups is 1. The Morgan fingerprint density at radius 2 is 2.40 bits per heavy atom. The lowest BCUT2D eigenvalue weighted by atomic mass is 10.2. The van der Waals surface area contributed by atoms with E-state index in [-0.39, 0.29) is 11.9 Å².